The van der Waals surface area contributed by atoms with Crippen molar-refractivity contribution >= 4 is 40.0 Å². The first-order valence-corrected chi connectivity index (χ1v) is 6.71. The number of nitrogens with zero attached hydrogens (tertiary/aromatic N) is 2. The summed E-state index contributed by atoms with van der Waals surface area (Å²) in [6.45, 7) is 2.42. The highest BCUT2D eigenvalue weighted by Gasteiger charge is 2.20. The summed E-state index contributed by atoms with van der Waals surface area (Å²) in [7, 11) is 0. The number of carbonyl (C=O) groups is 1. The Morgan fingerprint density at radius 2 is 2.28 bits per heavy atom. The van der Waals surface area contributed by atoms with Crippen LogP contribution < -0.4 is 0 Å². The lowest BCUT2D eigenvalue weighted by Crippen LogP contribution is -2.12. The predicted octanol–water partition coefficient (Wildman–Crippen LogP) is 3.53. The lowest BCUT2D eigenvalue weighted by atomic mass is 10.1. The molecule has 0 spiro atoms. The summed E-state index contributed by atoms with van der Waals surface area (Å²) >= 11 is 7.90. The summed E-state index contributed by atoms with van der Waals surface area (Å²) in [6, 6.07) is 4.03. The van der Waals surface area contributed by atoms with Gasteiger partial charge in [0.2, 0.25) is 5.78 Å². The van der Waals surface area contributed by atoms with Crippen LogP contribution in [0.3, 0.4) is 0 Å². The number of aromatic nitrogens is 2. The minimum Gasteiger partial charge on any atom is -0.287 e. The van der Waals surface area contributed by atoms with Gasteiger partial charge in [-0.3, -0.25) is 9.48 Å². The third kappa shape index (κ3) is 2.42. The lowest BCUT2D eigenvalue weighted by molar-refractivity contribution is 0.102. The highest BCUT2D eigenvalue weighted by Crippen LogP contribution is 2.22. The number of carbonyl (C=O) groups excluding carboxylic acids is 1. The van der Waals surface area contributed by atoms with Gasteiger partial charge >= 0.3 is 0 Å². The number of aryl methyl sites for hydroxylation is 1. The Kier molecular flexibility index (Phi) is 4.01. The van der Waals surface area contributed by atoms with Gasteiger partial charge in [0.1, 0.15) is 11.5 Å². The molecular formula is C12H9ClFIN2O. The van der Waals surface area contributed by atoms with Crippen molar-refractivity contribution in [1.82, 2.24) is 9.78 Å². The van der Waals surface area contributed by atoms with Crippen molar-refractivity contribution in [2.75, 3.05) is 0 Å². The molecule has 2 rings (SSSR count). The Bertz CT molecular complexity index is 612. The van der Waals surface area contributed by atoms with Crippen molar-refractivity contribution in [3.8, 4) is 0 Å². The molecule has 0 fully saturated rings. The van der Waals surface area contributed by atoms with E-state index < -0.39 is 0 Å². The summed E-state index contributed by atoms with van der Waals surface area (Å²) in [6.07, 6.45) is 1.44. The third-order valence-corrected chi connectivity index (χ3v) is 3.65. The van der Waals surface area contributed by atoms with Gasteiger partial charge in [0.25, 0.3) is 0 Å². The van der Waals surface area contributed by atoms with E-state index in [1.54, 1.807) is 0 Å². The number of benzene rings is 1. The second-order valence-corrected chi connectivity index (χ2v) is 5.18. The second kappa shape index (κ2) is 5.36. The van der Waals surface area contributed by atoms with E-state index >= 15 is 0 Å². The maximum atomic E-state index is 13.0. The quantitative estimate of drug-likeness (QED) is 0.605. The molecule has 94 valence electrons. The van der Waals surface area contributed by atoms with E-state index in [1.807, 2.05) is 29.5 Å². The minimum atomic E-state index is -0.369. The Balaban J connectivity index is 2.51. The van der Waals surface area contributed by atoms with E-state index in [4.69, 9.17) is 11.6 Å². The van der Waals surface area contributed by atoms with Crippen molar-refractivity contribution < 1.29 is 9.18 Å². The van der Waals surface area contributed by atoms with Gasteiger partial charge in [-0.2, -0.15) is 5.10 Å². The molecule has 3 nitrogen and oxygen atoms in total. The van der Waals surface area contributed by atoms with Crippen molar-refractivity contribution in [2.45, 2.75) is 13.5 Å². The number of ketones is 1. The molecule has 0 amide bonds. The molecule has 0 N–H and O–H groups in total. The molecule has 0 bridgehead atoms. The maximum absolute atomic E-state index is 13.0. The van der Waals surface area contributed by atoms with Gasteiger partial charge in [-0.05, 0) is 47.7 Å². The molecule has 0 radical (unpaired) electrons. The number of hydrogen-bond acceptors (Lipinski definition) is 2. The van der Waals surface area contributed by atoms with E-state index in [9.17, 15) is 9.18 Å². The summed E-state index contributed by atoms with van der Waals surface area (Å²) in [5, 5.41) is 4.32. The average Bonchev–Trinajstić information content (AvgIpc) is 2.69. The monoisotopic (exact) mass is 378 g/mol. The van der Waals surface area contributed by atoms with E-state index in [-0.39, 0.29) is 11.6 Å². The van der Waals surface area contributed by atoms with Gasteiger partial charge in [0.05, 0.1) is 11.2 Å². The Hall–Kier alpha value is -0.950. The molecule has 0 aliphatic heterocycles. The molecule has 0 atom stereocenters. The first-order chi connectivity index (χ1) is 8.54. The second-order valence-electron chi connectivity index (χ2n) is 3.61. The summed E-state index contributed by atoms with van der Waals surface area (Å²) in [5.41, 5.74) is 0.762. The zero-order valence-corrected chi connectivity index (χ0v) is 12.4. The van der Waals surface area contributed by atoms with E-state index in [1.165, 1.54) is 29.1 Å². The molecule has 0 aliphatic carbocycles. The fraction of sp³-hybridized carbons (Fsp3) is 0.167. The Morgan fingerprint density at radius 3 is 2.89 bits per heavy atom. The molecular weight excluding hydrogens is 369 g/mol. The van der Waals surface area contributed by atoms with Crippen molar-refractivity contribution in [3.63, 3.8) is 0 Å². The molecule has 18 heavy (non-hydrogen) atoms. The van der Waals surface area contributed by atoms with Gasteiger partial charge in [-0.15, -0.1) is 0 Å². The largest absolute Gasteiger partial charge is 0.287 e. The molecule has 0 aliphatic rings. The maximum Gasteiger partial charge on any atom is 0.213 e. The number of hydrogen-bond donors (Lipinski definition) is 0. The summed E-state index contributed by atoms with van der Waals surface area (Å²) in [4.78, 5) is 12.4. The van der Waals surface area contributed by atoms with Gasteiger partial charge in [0.15, 0.2) is 0 Å². The van der Waals surface area contributed by atoms with Crippen LogP contribution in [-0.2, 0) is 6.54 Å². The minimum absolute atomic E-state index is 0.247. The lowest BCUT2D eigenvalue weighted by Gasteiger charge is -2.06. The Labute approximate surface area is 122 Å². The highest BCUT2D eigenvalue weighted by atomic mass is 127. The zero-order valence-electron chi connectivity index (χ0n) is 9.45. The Morgan fingerprint density at radius 1 is 1.56 bits per heavy atom. The standard InChI is InChI=1S/C12H9ClFIN2O/c1-2-17-11(9(13)6-16-17)12(18)8-4-3-7(14)5-10(8)15/h3-6H,2H2,1H3. The van der Waals surface area contributed by atoms with Crippen molar-refractivity contribution in [1.29, 1.82) is 0 Å². The van der Waals surface area contributed by atoms with E-state index in [2.05, 4.69) is 5.10 Å². The van der Waals surface area contributed by atoms with Crippen LogP contribution in [0.1, 0.15) is 23.0 Å². The van der Waals surface area contributed by atoms with E-state index in [0.29, 0.717) is 26.4 Å². The zero-order chi connectivity index (χ0) is 13.3. The molecule has 2 aromatic rings. The number of halogens is 3. The van der Waals surface area contributed by atoms with Gasteiger partial charge < -0.3 is 0 Å². The number of rotatable bonds is 3. The van der Waals surface area contributed by atoms with Crippen LogP contribution in [0.25, 0.3) is 0 Å². The van der Waals surface area contributed by atoms with Gasteiger partial charge in [-0.25, -0.2) is 4.39 Å². The molecule has 0 unspecified atom stereocenters. The first kappa shape index (κ1) is 13.5. The van der Waals surface area contributed by atoms with Crippen LogP contribution in [-0.4, -0.2) is 15.6 Å². The topological polar surface area (TPSA) is 34.9 Å². The van der Waals surface area contributed by atoms with Crippen LogP contribution in [0.5, 0.6) is 0 Å². The van der Waals surface area contributed by atoms with Crippen LogP contribution in [0.4, 0.5) is 4.39 Å². The molecule has 1 aromatic carbocycles. The molecule has 1 heterocycles. The fourth-order valence-corrected chi connectivity index (χ4v) is 2.58. The highest BCUT2D eigenvalue weighted by molar-refractivity contribution is 14.1. The summed E-state index contributed by atoms with van der Waals surface area (Å²) < 4.78 is 15.1. The predicted molar refractivity (Wildman–Crippen MR) is 75.5 cm³/mol. The SMILES string of the molecule is CCn1ncc(Cl)c1C(=O)c1ccc(F)cc1I. The molecule has 1 aromatic heterocycles. The first-order valence-electron chi connectivity index (χ1n) is 5.25. The normalized spacial score (nSPS) is 10.7. The van der Waals surface area contributed by atoms with Crippen LogP contribution in [0.2, 0.25) is 5.02 Å². The molecule has 6 heteroatoms. The van der Waals surface area contributed by atoms with Crippen LogP contribution in [0.15, 0.2) is 24.4 Å². The van der Waals surface area contributed by atoms with Crippen LogP contribution >= 0.6 is 34.2 Å². The molecule has 0 saturated heterocycles. The summed E-state index contributed by atoms with van der Waals surface area (Å²) in [5.74, 6) is -0.616. The van der Waals surface area contributed by atoms with Crippen molar-refractivity contribution in [3.05, 3.63) is 50.1 Å². The van der Waals surface area contributed by atoms with Gasteiger partial charge in [0, 0.05) is 15.7 Å². The third-order valence-electron chi connectivity index (χ3n) is 2.49. The fourth-order valence-electron chi connectivity index (χ4n) is 1.63. The van der Waals surface area contributed by atoms with Crippen LogP contribution in [0, 0.1) is 9.39 Å². The smallest absolute Gasteiger partial charge is 0.213 e. The molecule has 0 saturated carbocycles. The van der Waals surface area contributed by atoms with E-state index in [0.717, 1.165) is 0 Å². The van der Waals surface area contributed by atoms with Crippen molar-refractivity contribution in [2.24, 2.45) is 0 Å². The van der Waals surface area contributed by atoms with Gasteiger partial charge in [-0.1, -0.05) is 11.6 Å². The average molecular weight is 379 g/mol.